The number of hydrogen-bond acceptors (Lipinski definition) is 5. The van der Waals surface area contributed by atoms with Gasteiger partial charge >= 0.3 is 0 Å². The van der Waals surface area contributed by atoms with Gasteiger partial charge in [-0.05, 0) is 69.6 Å². The Labute approximate surface area is 281 Å². The van der Waals surface area contributed by atoms with Crippen molar-refractivity contribution in [2.75, 3.05) is 19.0 Å². The molecule has 0 aromatic heterocycles. The number of nitro benzene ring substituents is 1. The summed E-state index contributed by atoms with van der Waals surface area (Å²) in [5, 5.41) is 11.4. The molecule has 0 bridgehead atoms. The van der Waals surface area contributed by atoms with E-state index in [2.05, 4.69) is 111 Å². The molecule has 0 fully saturated rings. The minimum Gasteiger partial charge on any atom is -0.378 e. The fourth-order valence-corrected chi connectivity index (χ4v) is 17.6. The van der Waals surface area contributed by atoms with Crippen LogP contribution in [0, 0.1) is 33.0 Å². The van der Waals surface area contributed by atoms with E-state index in [1.807, 2.05) is 38.4 Å². The van der Waals surface area contributed by atoms with Gasteiger partial charge in [0.1, 0.15) is 27.6 Å². The van der Waals surface area contributed by atoms with E-state index < -0.39 is 21.1 Å². The molecular formula is C38H56N4O2Si2. The second-order valence-corrected chi connectivity index (χ2v) is 25.6. The number of aliphatic imine (C=N–C) groups is 2. The fraction of sp³-hybridized carbons (Fsp3) is 0.526. The van der Waals surface area contributed by atoms with Crippen LogP contribution in [0.4, 0.5) is 22.7 Å². The van der Waals surface area contributed by atoms with Gasteiger partial charge in [-0.3, -0.25) is 10.1 Å². The highest BCUT2D eigenvalue weighted by Gasteiger charge is 2.43. The molecule has 6 nitrogen and oxygen atoms in total. The Hall–Kier alpha value is -3.47. The second kappa shape index (κ2) is 16.4. The molecule has 0 saturated heterocycles. The van der Waals surface area contributed by atoms with Crippen molar-refractivity contribution in [2.45, 2.75) is 116 Å². The third-order valence-corrected chi connectivity index (χ3v) is 22.2. The number of non-ortho nitro benzene ring substituents is 1. The van der Waals surface area contributed by atoms with Gasteiger partial charge in [-0.15, -0.1) is 11.1 Å². The van der Waals surface area contributed by atoms with Crippen molar-refractivity contribution in [3.8, 4) is 22.9 Å². The van der Waals surface area contributed by atoms with Crippen LogP contribution in [0.3, 0.4) is 0 Å². The Balaban J connectivity index is 3.07. The van der Waals surface area contributed by atoms with Gasteiger partial charge in [0.2, 0.25) is 0 Å². The largest absolute Gasteiger partial charge is 0.378 e. The van der Waals surface area contributed by atoms with Crippen molar-refractivity contribution in [2.24, 2.45) is 9.98 Å². The first kappa shape index (κ1) is 38.7. The molecule has 0 amide bonds. The predicted octanol–water partition coefficient (Wildman–Crippen LogP) is 10.9. The van der Waals surface area contributed by atoms with Crippen LogP contribution < -0.4 is 4.90 Å². The Bertz CT molecular complexity index is 1470. The van der Waals surface area contributed by atoms with Crippen LogP contribution in [0.2, 0.25) is 33.2 Å². The Kier molecular flexibility index (Phi) is 13.8. The van der Waals surface area contributed by atoms with Gasteiger partial charge in [0.25, 0.3) is 5.69 Å². The molecule has 2 aromatic carbocycles. The molecule has 0 spiro atoms. The SMILES string of the molecule is CC(C)[Si](C#CC(=Nc1ccc(N(C)C)cc1)C(C#C[Si](C(C)C)(C(C)C)C(C)C)=Nc1ccc([N+](=O)[O-])cc1)(C(C)C)C(C)C. The zero-order chi connectivity index (χ0) is 35.0. The van der Waals surface area contributed by atoms with Gasteiger partial charge in [-0.2, -0.15) is 0 Å². The minimum absolute atomic E-state index is 0.0219. The normalized spacial score (nSPS) is 13.0. The van der Waals surface area contributed by atoms with Crippen LogP contribution in [0.15, 0.2) is 58.5 Å². The Morgan fingerprint density at radius 2 is 0.913 bits per heavy atom. The molecule has 2 aromatic rings. The summed E-state index contributed by atoms with van der Waals surface area (Å²) >= 11 is 0. The van der Waals surface area contributed by atoms with Crippen molar-refractivity contribution >= 4 is 50.3 Å². The van der Waals surface area contributed by atoms with E-state index in [0.29, 0.717) is 50.4 Å². The minimum atomic E-state index is -2.13. The van der Waals surface area contributed by atoms with Gasteiger partial charge in [0, 0.05) is 31.9 Å². The summed E-state index contributed by atoms with van der Waals surface area (Å²) in [5.41, 5.74) is 13.9. The lowest BCUT2D eigenvalue weighted by atomic mass is 10.2. The number of benzene rings is 2. The van der Waals surface area contributed by atoms with Crippen molar-refractivity contribution in [3.63, 3.8) is 0 Å². The Morgan fingerprint density at radius 1 is 0.609 bits per heavy atom. The maximum absolute atomic E-state index is 11.4. The van der Waals surface area contributed by atoms with E-state index in [-0.39, 0.29) is 5.69 Å². The summed E-state index contributed by atoms with van der Waals surface area (Å²) in [6.45, 7) is 27.6. The van der Waals surface area contributed by atoms with E-state index in [1.54, 1.807) is 12.1 Å². The van der Waals surface area contributed by atoms with Crippen LogP contribution in [-0.2, 0) is 0 Å². The lowest BCUT2D eigenvalue weighted by Crippen LogP contribution is -2.43. The predicted molar refractivity (Wildman–Crippen MR) is 206 cm³/mol. The molecule has 0 saturated carbocycles. The molecule has 0 atom stereocenters. The van der Waals surface area contributed by atoms with Crippen molar-refractivity contribution in [1.29, 1.82) is 0 Å². The number of nitrogens with zero attached hydrogens (tertiary/aromatic N) is 4. The fourth-order valence-electron chi connectivity index (χ4n) is 7.21. The van der Waals surface area contributed by atoms with Gasteiger partial charge in [-0.25, -0.2) is 9.98 Å². The third-order valence-electron chi connectivity index (χ3n) is 9.66. The van der Waals surface area contributed by atoms with Crippen LogP contribution in [0.5, 0.6) is 0 Å². The zero-order valence-corrected chi connectivity index (χ0v) is 32.7. The van der Waals surface area contributed by atoms with Gasteiger partial charge in [-0.1, -0.05) is 94.9 Å². The summed E-state index contributed by atoms with van der Waals surface area (Å²) in [5.74, 6) is 7.16. The molecule has 0 aliphatic heterocycles. The summed E-state index contributed by atoms with van der Waals surface area (Å²) in [4.78, 5) is 23.2. The van der Waals surface area contributed by atoms with Crippen molar-refractivity contribution in [1.82, 2.24) is 0 Å². The molecule has 2 rings (SSSR count). The first-order valence-electron chi connectivity index (χ1n) is 16.7. The maximum atomic E-state index is 11.4. The van der Waals surface area contributed by atoms with Gasteiger partial charge in [0.05, 0.1) is 16.3 Å². The molecule has 248 valence electrons. The van der Waals surface area contributed by atoms with E-state index in [0.717, 1.165) is 11.4 Å². The highest BCUT2D eigenvalue weighted by molar-refractivity contribution is 6.91. The van der Waals surface area contributed by atoms with Gasteiger partial charge < -0.3 is 4.90 Å². The van der Waals surface area contributed by atoms with E-state index in [9.17, 15) is 10.1 Å². The van der Waals surface area contributed by atoms with Crippen molar-refractivity contribution in [3.05, 3.63) is 58.6 Å². The second-order valence-electron chi connectivity index (χ2n) is 14.4. The monoisotopic (exact) mass is 656 g/mol. The average Bonchev–Trinajstić information content (AvgIpc) is 2.96. The lowest BCUT2D eigenvalue weighted by molar-refractivity contribution is -0.384. The van der Waals surface area contributed by atoms with E-state index >= 15 is 0 Å². The first-order chi connectivity index (χ1) is 21.4. The summed E-state index contributed by atoms with van der Waals surface area (Å²) in [6.07, 6.45) is 0. The average molecular weight is 657 g/mol. The van der Waals surface area contributed by atoms with Crippen LogP contribution in [0.25, 0.3) is 0 Å². The van der Waals surface area contributed by atoms with E-state index in [4.69, 9.17) is 9.98 Å². The standard InChI is InChI=1S/C38H56N4O2Si2/c1-27(2)45(28(3)4,29(5)6)25-23-37(39-33-15-19-35(20-16-33)41(13)14)38(40-34-17-21-36(22-18-34)42(43)44)24-26-46(30(7)8,31(9)10)32(11)12/h15-22,27-32H,1-14H3. The van der Waals surface area contributed by atoms with Gasteiger partial charge in [0.15, 0.2) is 0 Å². The molecular weight excluding hydrogens is 601 g/mol. The Morgan fingerprint density at radius 3 is 1.17 bits per heavy atom. The van der Waals surface area contributed by atoms with Crippen molar-refractivity contribution < 1.29 is 4.92 Å². The molecule has 0 unspecified atom stereocenters. The topological polar surface area (TPSA) is 71.1 Å². The molecule has 0 aliphatic carbocycles. The number of rotatable bonds is 11. The zero-order valence-electron chi connectivity index (χ0n) is 30.7. The molecule has 0 aliphatic rings. The maximum Gasteiger partial charge on any atom is 0.269 e. The van der Waals surface area contributed by atoms with Crippen LogP contribution in [-0.4, -0.2) is 46.6 Å². The van der Waals surface area contributed by atoms with Crippen LogP contribution in [0.1, 0.15) is 83.1 Å². The first-order valence-corrected chi connectivity index (χ1v) is 21.1. The molecule has 0 heterocycles. The highest BCUT2D eigenvalue weighted by atomic mass is 28.3. The number of hydrogen-bond donors (Lipinski definition) is 0. The van der Waals surface area contributed by atoms with E-state index in [1.165, 1.54) is 12.1 Å². The number of anilines is 1. The summed E-state index contributed by atoms with van der Waals surface area (Å²) in [6, 6.07) is 14.4. The highest BCUT2D eigenvalue weighted by Crippen LogP contribution is 2.42. The quantitative estimate of drug-likeness (QED) is 0.0794. The van der Waals surface area contributed by atoms with Crippen LogP contribution >= 0.6 is 0 Å². The molecule has 8 heteroatoms. The molecule has 0 radical (unpaired) electrons. The number of nitro groups is 1. The summed E-state index contributed by atoms with van der Waals surface area (Å²) in [7, 11) is -0.223. The molecule has 46 heavy (non-hydrogen) atoms. The molecule has 0 N–H and O–H groups in total. The third kappa shape index (κ3) is 8.87. The smallest absolute Gasteiger partial charge is 0.269 e. The lowest BCUT2D eigenvalue weighted by Gasteiger charge is -2.38. The summed E-state index contributed by atoms with van der Waals surface area (Å²) < 4.78 is 0.